The Hall–Kier alpha value is -1.74. The van der Waals surface area contributed by atoms with Gasteiger partial charge in [0.2, 0.25) is 11.6 Å². The van der Waals surface area contributed by atoms with Crippen molar-refractivity contribution in [2.45, 2.75) is 0 Å². The van der Waals surface area contributed by atoms with E-state index in [0.717, 1.165) is 0 Å². The molecule has 2 aromatic rings. The highest BCUT2D eigenvalue weighted by molar-refractivity contribution is 9.10. The molecule has 0 saturated carbocycles. The zero-order valence-electron chi connectivity index (χ0n) is 6.82. The van der Waals surface area contributed by atoms with Gasteiger partial charge in [0.15, 0.2) is 10.4 Å². The minimum atomic E-state index is -0.00461. The Morgan fingerprint density at radius 2 is 2.21 bits per heavy atom. The summed E-state index contributed by atoms with van der Waals surface area (Å²) >= 11 is 3.14. The predicted octanol–water partition coefficient (Wildman–Crippen LogP) is 2.15. The van der Waals surface area contributed by atoms with Crippen LogP contribution in [-0.4, -0.2) is 4.98 Å². The van der Waals surface area contributed by atoms with E-state index in [1.165, 1.54) is 0 Å². The average molecular weight is 254 g/mol. The van der Waals surface area contributed by atoms with E-state index in [4.69, 9.17) is 19.8 Å². The molecule has 6 heteroatoms. The Kier molecular flexibility index (Phi) is 2.02. The van der Waals surface area contributed by atoms with Crippen molar-refractivity contribution in [2.24, 2.45) is 0 Å². The van der Waals surface area contributed by atoms with Crippen LogP contribution in [0.2, 0.25) is 0 Å². The molecule has 0 amide bonds. The third kappa shape index (κ3) is 1.38. The SMILES string of the molecule is N#Cc1nc(-c2ccc(Br)o2)oc1N. The number of oxazole rings is 1. The molecule has 2 N–H and O–H groups in total. The minimum absolute atomic E-state index is 0.00461. The summed E-state index contributed by atoms with van der Waals surface area (Å²) in [7, 11) is 0. The number of nitrogens with two attached hydrogens (primary N) is 1. The average Bonchev–Trinajstić information content (AvgIpc) is 2.71. The summed E-state index contributed by atoms with van der Waals surface area (Å²) in [5.41, 5.74) is 5.45. The van der Waals surface area contributed by atoms with Gasteiger partial charge in [0.05, 0.1) is 0 Å². The summed E-state index contributed by atoms with van der Waals surface area (Å²) < 4.78 is 10.8. The molecule has 14 heavy (non-hydrogen) atoms. The quantitative estimate of drug-likeness (QED) is 0.841. The summed E-state index contributed by atoms with van der Waals surface area (Å²) in [6.07, 6.45) is 0. The van der Waals surface area contributed by atoms with Gasteiger partial charge in [-0.15, -0.1) is 0 Å². The van der Waals surface area contributed by atoms with Crippen molar-refractivity contribution in [1.29, 1.82) is 5.26 Å². The van der Waals surface area contributed by atoms with Gasteiger partial charge in [-0.1, -0.05) is 0 Å². The maximum atomic E-state index is 8.59. The lowest BCUT2D eigenvalue weighted by Gasteiger charge is -1.85. The third-order valence-corrected chi connectivity index (χ3v) is 1.97. The zero-order valence-corrected chi connectivity index (χ0v) is 8.41. The van der Waals surface area contributed by atoms with Gasteiger partial charge in [0, 0.05) is 0 Å². The summed E-state index contributed by atoms with van der Waals surface area (Å²) in [6, 6.07) is 5.17. The second kappa shape index (κ2) is 3.20. The maximum Gasteiger partial charge on any atom is 0.266 e. The molecule has 2 aromatic heterocycles. The van der Waals surface area contributed by atoms with Crippen molar-refractivity contribution in [1.82, 2.24) is 4.98 Å². The molecule has 0 radical (unpaired) electrons. The fraction of sp³-hybridized carbons (Fsp3) is 0. The number of rotatable bonds is 1. The molecule has 5 nitrogen and oxygen atoms in total. The molecule has 0 unspecified atom stereocenters. The van der Waals surface area contributed by atoms with Crippen LogP contribution in [0.25, 0.3) is 11.7 Å². The van der Waals surface area contributed by atoms with Gasteiger partial charge in [0.1, 0.15) is 6.07 Å². The van der Waals surface area contributed by atoms with Crippen LogP contribution in [0.1, 0.15) is 5.69 Å². The topological polar surface area (TPSA) is 89.0 Å². The molecule has 0 spiro atoms. The van der Waals surface area contributed by atoms with Gasteiger partial charge >= 0.3 is 0 Å². The van der Waals surface area contributed by atoms with Crippen LogP contribution in [0.4, 0.5) is 5.88 Å². The van der Waals surface area contributed by atoms with Crippen LogP contribution in [-0.2, 0) is 0 Å². The van der Waals surface area contributed by atoms with Crippen molar-refractivity contribution < 1.29 is 8.83 Å². The standard InChI is InChI=1S/C8H4BrN3O2/c9-6-2-1-5(13-6)8-12-4(3-10)7(11)14-8/h1-2H,11H2. The lowest BCUT2D eigenvalue weighted by molar-refractivity contribution is 0.511. The van der Waals surface area contributed by atoms with Gasteiger partial charge < -0.3 is 14.6 Å². The fourth-order valence-electron chi connectivity index (χ4n) is 0.947. The van der Waals surface area contributed by atoms with Crippen LogP contribution in [0.5, 0.6) is 0 Å². The molecule has 0 aliphatic carbocycles. The van der Waals surface area contributed by atoms with Crippen molar-refractivity contribution in [3.63, 3.8) is 0 Å². The number of hydrogen-bond donors (Lipinski definition) is 1. The summed E-state index contributed by atoms with van der Waals surface area (Å²) in [5.74, 6) is 0.616. The fourth-order valence-corrected chi connectivity index (χ4v) is 1.25. The van der Waals surface area contributed by atoms with E-state index in [9.17, 15) is 0 Å². The van der Waals surface area contributed by atoms with Crippen LogP contribution >= 0.6 is 15.9 Å². The summed E-state index contributed by atoms with van der Waals surface area (Å²) in [4.78, 5) is 3.84. The number of furan rings is 1. The van der Waals surface area contributed by atoms with E-state index < -0.39 is 0 Å². The third-order valence-electron chi connectivity index (χ3n) is 1.54. The number of anilines is 1. The molecule has 2 heterocycles. The van der Waals surface area contributed by atoms with Crippen molar-refractivity contribution in [3.8, 4) is 17.7 Å². The number of hydrogen-bond acceptors (Lipinski definition) is 5. The first kappa shape index (κ1) is 8.84. The van der Waals surface area contributed by atoms with E-state index in [1.807, 2.05) is 6.07 Å². The van der Waals surface area contributed by atoms with Gasteiger partial charge in [-0.2, -0.15) is 10.2 Å². The monoisotopic (exact) mass is 253 g/mol. The molecule has 0 saturated heterocycles. The molecular weight excluding hydrogens is 250 g/mol. The first-order valence-corrected chi connectivity index (χ1v) is 4.42. The van der Waals surface area contributed by atoms with E-state index >= 15 is 0 Å². The summed E-state index contributed by atoms with van der Waals surface area (Å²) in [5, 5.41) is 8.59. The predicted molar refractivity (Wildman–Crippen MR) is 51.0 cm³/mol. The Bertz CT molecular complexity index is 509. The highest BCUT2D eigenvalue weighted by Gasteiger charge is 2.14. The van der Waals surface area contributed by atoms with Crippen LogP contribution < -0.4 is 5.73 Å². The van der Waals surface area contributed by atoms with Crippen molar-refractivity contribution in [3.05, 3.63) is 22.5 Å². The Morgan fingerprint density at radius 1 is 1.43 bits per heavy atom. The first-order valence-electron chi connectivity index (χ1n) is 3.63. The van der Waals surface area contributed by atoms with E-state index in [2.05, 4.69) is 20.9 Å². The number of nitrogen functional groups attached to an aromatic ring is 1. The van der Waals surface area contributed by atoms with E-state index in [0.29, 0.717) is 10.4 Å². The molecule has 0 fully saturated rings. The molecule has 0 aliphatic rings. The molecule has 0 bridgehead atoms. The lowest BCUT2D eigenvalue weighted by atomic mass is 10.4. The number of nitrogens with zero attached hydrogens (tertiary/aromatic N) is 2. The Labute approximate surface area is 87.3 Å². The lowest BCUT2D eigenvalue weighted by Crippen LogP contribution is -1.83. The van der Waals surface area contributed by atoms with E-state index in [1.54, 1.807) is 12.1 Å². The smallest absolute Gasteiger partial charge is 0.266 e. The first-order chi connectivity index (χ1) is 6.70. The van der Waals surface area contributed by atoms with Gasteiger partial charge in [-0.3, -0.25) is 0 Å². The molecular formula is C8H4BrN3O2. The number of aromatic nitrogens is 1. The minimum Gasteiger partial charge on any atom is -0.444 e. The van der Waals surface area contributed by atoms with E-state index in [-0.39, 0.29) is 17.5 Å². The molecule has 0 aliphatic heterocycles. The van der Waals surface area contributed by atoms with Crippen molar-refractivity contribution in [2.75, 3.05) is 5.73 Å². The molecule has 0 atom stereocenters. The Balaban J connectivity index is 2.48. The molecule has 70 valence electrons. The van der Waals surface area contributed by atoms with Crippen LogP contribution in [0.3, 0.4) is 0 Å². The highest BCUT2D eigenvalue weighted by Crippen LogP contribution is 2.26. The zero-order chi connectivity index (χ0) is 10.1. The number of nitriles is 1. The van der Waals surface area contributed by atoms with Gasteiger partial charge in [-0.25, -0.2) is 0 Å². The normalized spacial score (nSPS) is 10.0. The second-order valence-corrected chi connectivity index (χ2v) is 3.23. The van der Waals surface area contributed by atoms with Crippen LogP contribution in [0, 0.1) is 11.3 Å². The highest BCUT2D eigenvalue weighted by atomic mass is 79.9. The summed E-state index contributed by atoms with van der Waals surface area (Å²) in [6.45, 7) is 0. The molecule has 0 aromatic carbocycles. The second-order valence-electron chi connectivity index (χ2n) is 2.45. The number of halogens is 1. The van der Waals surface area contributed by atoms with Gasteiger partial charge in [0.25, 0.3) is 5.89 Å². The largest absolute Gasteiger partial charge is 0.444 e. The van der Waals surface area contributed by atoms with Crippen molar-refractivity contribution >= 4 is 21.8 Å². The molecule has 2 rings (SSSR count). The maximum absolute atomic E-state index is 8.59. The van der Waals surface area contributed by atoms with Crippen LogP contribution in [0.15, 0.2) is 25.6 Å². The van der Waals surface area contributed by atoms with Gasteiger partial charge in [-0.05, 0) is 28.1 Å². The Morgan fingerprint density at radius 3 is 2.71 bits per heavy atom.